The molecule has 0 unspecified atom stereocenters. The second-order valence-electron chi connectivity index (χ2n) is 10.3. The number of benzene rings is 3. The normalized spacial score (nSPS) is 12.5. The first-order chi connectivity index (χ1) is 18.2. The summed E-state index contributed by atoms with van der Waals surface area (Å²) >= 11 is 12.5. The van der Waals surface area contributed by atoms with Crippen molar-refractivity contribution >= 4 is 50.7 Å². The van der Waals surface area contributed by atoms with Crippen molar-refractivity contribution in [2.75, 3.05) is 10.8 Å². The molecule has 7 nitrogen and oxygen atoms in total. The molecule has 0 saturated carbocycles. The van der Waals surface area contributed by atoms with Gasteiger partial charge in [0.2, 0.25) is 11.8 Å². The largest absolute Gasteiger partial charge is 0.350 e. The Hall–Kier alpha value is -3.07. The van der Waals surface area contributed by atoms with Crippen LogP contribution in [0.5, 0.6) is 0 Å². The molecule has 0 aliphatic rings. The molecule has 0 radical (unpaired) electrons. The van der Waals surface area contributed by atoms with Gasteiger partial charge in [0.05, 0.1) is 10.6 Å². The zero-order valence-corrected chi connectivity index (χ0v) is 24.9. The number of rotatable bonds is 9. The van der Waals surface area contributed by atoms with Crippen molar-refractivity contribution in [3.63, 3.8) is 0 Å². The van der Waals surface area contributed by atoms with Gasteiger partial charge in [-0.1, -0.05) is 65.2 Å². The maximum Gasteiger partial charge on any atom is 0.264 e. The summed E-state index contributed by atoms with van der Waals surface area (Å²) in [6, 6.07) is 18.7. The summed E-state index contributed by atoms with van der Waals surface area (Å²) in [6.45, 7) is 8.45. The highest BCUT2D eigenvalue weighted by Gasteiger charge is 2.33. The van der Waals surface area contributed by atoms with Crippen molar-refractivity contribution in [1.82, 2.24) is 10.2 Å². The number of sulfonamides is 1. The third-order valence-corrected chi connectivity index (χ3v) is 8.33. The Morgan fingerprint density at radius 2 is 1.56 bits per heavy atom. The first-order valence-corrected chi connectivity index (χ1v) is 14.6. The van der Waals surface area contributed by atoms with Gasteiger partial charge in [-0.05, 0) is 76.6 Å². The molecule has 0 spiro atoms. The molecule has 0 heterocycles. The minimum absolute atomic E-state index is 0.0271. The molecule has 3 rings (SSSR count). The quantitative estimate of drug-likeness (QED) is 0.340. The molecule has 10 heteroatoms. The summed E-state index contributed by atoms with van der Waals surface area (Å²) in [5.74, 6) is -0.952. The fourth-order valence-corrected chi connectivity index (χ4v) is 5.75. The number of aryl methyl sites for hydroxylation is 1. The monoisotopic (exact) mass is 589 g/mol. The summed E-state index contributed by atoms with van der Waals surface area (Å²) in [6.07, 6.45) is 0. The molecule has 1 atom stereocenters. The van der Waals surface area contributed by atoms with E-state index in [2.05, 4.69) is 5.32 Å². The van der Waals surface area contributed by atoms with Crippen LogP contribution in [-0.2, 0) is 26.2 Å². The van der Waals surface area contributed by atoms with E-state index in [0.717, 1.165) is 9.87 Å². The molecule has 1 N–H and O–H groups in total. The van der Waals surface area contributed by atoms with Crippen molar-refractivity contribution < 1.29 is 18.0 Å². The summed E-state index contributed by atoms with van der Waals surface area (Å²) in [7, 11) is -4.12. The highest BCUT2D eigenvalue weighted by molar-refractivity contribution is 7.92. The second-order valence-corrected chi connectivity index (χ2v) is 13.0. The van der Waals surface area contributed by atoms with Gasteiger partial charge in [0.15, 0.2) is 0 Å². The molecule has 3 aromatic carbocycles. The van der Waals surface area contributed by atoms with E-state index in [-0.39, 0.29) is 17.3 Å². The number of anilines is 1. The Kier molecular flexibility index (Phi) is 9.69. The molecule has 0 saturated heterocycles. The maximum absolute atomic E-state index is 13.9. The Balaban J connectivity index is 2.04. The van der Waals surface area contributed by atoms with Gasteiger partial charge in [0.1, 0.15) is 12.6 Å². The van der Waals surface area contributed by atoms with E-state index in [0.29, 0.717) is 21.3 Å². The third kappa shape index (κ3) is 7.97. The van der Waals surface area contributed by atoms with Gasteiger partial charge in [0.25, 0.3) is 10.0 Å². The van der Waals surface area contributed by atoms with E-state index in [9.17, 15) is 18.0 Å². The smallest absolute Gasteiger partial charge is 0.264 e. The molecule has 0 aliphatic heterocycles. The van der Waals surface area contributed by atoms with Gasteiger partial charge < -0.3 is 10.2 Å². The van der Waals surface area contributed by atoms with E-state index in [1.165, 1.54) is 17.0 Å². The third-order valence-electron chi connectivity index (χ3n) is 5.95. The van der Waals surface area contributed by atoms with Crippen LogP contribution in [0.2, 0.25) is 10.0 Å². The Bertz CT molecular complexity index is 1420. The minimum Gasteiger partial charge on any atom is -0.350 e. The summed E-state index contributed by atoms with van der Waals surface area (Å²) < 4.78 is 28.6. The van der Waals surface area contributed by atoms with Gasteiger partial charge in [-0.15, -0.1) is 0 Å². The zero-order valence-electron chi connectivity index (χ0n) is 22.6. The fraction of sp³-hybridized carbons (Fsp3) is 0.310. The molecule has 0 bridgehead atoms. The van der Waals surface area contributed by atoms with Gasteiger partial charge >= 0.3 is 0 Å². The Morgan fingerprint density at radius 3 is 2.13 bits per heavy atom. The highest BCUT2D eigenvalue weighted by Crippen LogP contribution is 2.26. The molecule has 39 heavy (non-hydrogen) atoms. The van der Waals surface area contributed by atoms with Crippen LogP contribution < -0.4 is 9.62 Å². The van der Waals surface area contributed by atoms with Crippen LogP contribution in [-0.4, -0.2) is 43.3 Å². The molecule has 0 aliphatic carbocycles. The average molecular weight is 591 g/mol. The van der Waals surface area contributed by atoms with Gasteiger partial charge in [-0.25, -0.2) is 8.42 Å². The lowest BCUT2D eigenvalue weighted by molar-refractivity contribution is -0.140. The number of hydrogen-bond donors (Lipinski definition) is 1. The van der Waals surface area contributed by atoms with Crippen LogP contribution in [0.15, 0.2) is 77.7 Å². The van der Waals surface area contributed by atoms with Crippen LogP contribution in [0.1, 0.15) is 38.8 Å². The lowest BCUT2D eigenvalue weighted by Gasteiger charge is -2.33. The van der Waals surface area contributed by atoms with E-state index in [4.69, 9.17) is 23.2 Å². The van der Waals surface area contributed by atoms with Crippen LogP contribution in [0.4, 0.5) is 5.69 Å². The number of amides is 2. The molecule has 208 valence electrons. The lowest BCUT2D eigenvalue weighted by atomic mass is 10.1. The van der Waals surface area contributed by atoms with Gasteiger partial charge in [-0.2, -0.15) is 0 Å². The Morgan fingerprint density at radius 1 is 0.949 bits per heavy atom. The van der Waals surface area contributed by atoms with E-state index >= 15 is 0 Å². The van der Waals surface area contributed by atoms with Crippen molar-refractivity contribution in [3.05, 3.63) is 94.0 Å². The van der Waals surface area contributed by atoms with Gasteiger partial charge in [0, 0.05) is 22.1 Å². The van der Waals surface area contributed by atoms with E-state index in [1.54, 1.807) is 67.6 Å². The van der Waals surface area contributed by atoms with Crippen LogP contribution >= 0.6 is 23.2 Å². The number of nitrogens with one attached hydrogen (secondary N) is 1. The standard InChI is InChI=1S/C29H33Cl2N3O4S/c1-20-11-15-24(16-12-20)34(39(37,38)25-9-7-6-8-10-25)19-27(35)33(21(2)28(36)32-29(3,4)5)18-22-13-14-23(30)17-26(22)31/h6-17,21H,18-19H2,1-5H3,(H,32,36)/t21-/m0/s1. The Labute approximate surface area is 240 Å². The van der Waals surface area contributed by atoms with Crippen LogP contribution in [0, 0.1) is 6.92 Å². The highest BCUT2D eigenvalue weighted by atomic mass is 35.5. The molecular formula is C29H33Cl2N3O4S. The lowest BCUT2D eigenvalue weighted by Crippen LogP contribution is -2.54. The zero-order chi connectivity index (χ0) is 29.0. The topological polar surface area (TPSA) is 86.8 Å². The molecule has 0 aromatic heterocycles. The summed E-state index contributed by atoms with van der Waals surface area (Å²) in [5, 5.41) is 3.65. The average Bonchev–Trinajstić information content (AvgIpc) is 2.86. The second kappa shape index (κ2) is 12.4. The fourth-order valence-electron chi connectivity index (χ4n) is 3.85. The number of carbonyl (C=O) groups is 2. The predicted molar refractivity (Wildman–Crippen MR) is 157 cm³/mol. The van der Waals surface area contributed by atoms with Crippen LogP contribution in [0.25, 0.3) is 0 Å². The van der Waals surface area contributed by atoms with Crippen molar-refractivity contribution in [2.45, 2.75) is 57.6 Å². The van der Waals surface area contributed by atoms with Crippen molar-refractivity contribution in [2.24, 2.45) is 0 Å². The number of carbonyl (C=O) groups excluding carboxylic acids is 2. The van der Waals surface area contributed by atoms with Crippen LogP contribution in [0.3, 0.4) is 0 Å². The molecule has 3 aromatic rings. The minimum atomic E-state index is -4.12. The van der Waals surface area contributed by atoms with Crippen molar-refractivity contribution in [1.29, 1.82) is 0 Å². The summed E-state index contributed by atoms with van der Waals surface area (Å²) in [4.78, 5) is 28.5. The van der Waals surface area contributed by atoms with E-state index in [1.807, 2.05) is 27.7 Å². The predicted octanol–water partition coefficient (Wildman–Crippen LogP) is 5.83. The van der Waals surface area contributed by atoms with E-state index < -0.39 is 34.1 Å². The first-order valence-electron chi connectivity index (χ1n) is 12.4. The summed E-state index contributed by atoms with van der Waals surface area (Å²) in [5.41, 5.74) is 1.29. The molecule has 0 fully saturated rings. The number of halogens is 2. The van der Waals surface area contributed by atoms with Crippen molar-refractivity contribution in [3.8, 4) is 0 Å². The molecular weight excluding hydrogens is 557 g/mol. The molecule has 2 amide bonds. The number of hydrogen-bond acceptors (Lipinski definition) is 4. The SMILES string of the molecule is Cc1ccc(N(CC(=O)N(Cc2ccc(Cl)cc2Cl)[C@@H](C)C(=O)NC(C)(C)C)S(=O)(=O)c2ccccc2)cc1. The number of nitrogens with zero attached hydrogens (tertiary/aromatic N) is 2. The van der Waals surface area contributed by atoms with Gasteiger partial charge in [-0.3, -0.25) is 13.9 Å². The first kappa shape index (κ1) is 30.5. The maximum atomic E-state index is 13.9.